The number of fused-ring (bicyclic) bond motifs is 1. The third-order valence-electron chi connectivity index (χ3n) is 5.38. The standard InChI is InChI=1S/C23H20F4N2O3S/c1-21(2)16-15(19(31)28-11-7-5-8-11)20(33-17(16)22(3,4)32-21)29-18(30)14-12(23(25,26)27)9-6-10-13(14)24/h5-10H,1-4H3,(H,28,31)(H,29,30). The van der Waals surface area contributed by atoms with Crippen molar-refractivity contribution in [2.75, 3.05) is 5.32 Å². The van der Waals surface area contributed by atoms with Gasteiger partial charge in [-0.1, -0.05) is 12.1 Å². The number of rotatable bonds is 4. The molecule has 1 aliphatic carbocycles. The summed E-state index contributed by atoms with van der Waals surface area (Å²) < 4.78 is 60.7. The number of hydrogen-bond acceptors (Lipinski definition) is 4. The van der Waals surface area contributed by atoms with Crippen LogP contribution in [0.4, 0.5) is 22.6 Å². The molecule has 2 heterocycles. The normalized spacial score (nSPS) is 17.8. The molecule has 33 heavy (non-hydrogen) atoms. The molecule has 1 aromatic carbocycles. The quantitative estimate of drug-likeness (QED) is 0.540. The van der Waals surface area contributed by atoms with Crippen molar-refractivity contribution in [2.45, 2.75) is 45.1 Å². The Labute approximate surface area is 191 Å². The van der Waals surface area contributed by atoms with Gasteiger partial charge in [0.15, 0.2) is 0 Å². The van der Waals surface area contributed by atoms with Gasteiger partial charge in [-0.3, -0.25) is 9.59 Å². The highest BCUT2D eigenvalue weighted by molar-refractivity contribution is 7.17. The van der Waals surface area contributed by atoms with Gasteiger partial charge in [0.25, 0.3) is 11.8 Å². The number of thiophene rings is 1. The van der Waals surface area contributed by atoms with Crippen molar-refractivity contribution < 1.29 is 31.9 Å². The van der Waals surface area contributed by atoms with E-state index in [-0.39, 0.29) is 10.6 Å². The van der Waals surface area contributed by atoms with Crippen molar-refractivity contribution in [3.05, 3.63) is 75.1 Å². The summed E-state index contributed by atoms with van der Waals surface area (Å²) >= 11 is 1.02. The van der Waals surface area contributed by atoms with Crippen molar-refractivity contribution in [1.29, 1.82) is 0 Å². The summed E-state index contributed by atoms with van der Waals surface area (Å²) in [6.45, 7) is 7.11. The first-order valence-electron chi connectivity index (χ1n) is 9.97. The van der Waals surface area contributed by atoms with Crippen molar-refractivity contribution in [2.24, 2.45) is 0 Å². The number of alkyl halides is 3. The molecular weight excluding hydrogens is 460 g/mol. The Balaban J connectivity index is 1.81. The van der Waals surface area contributed by atoms with Crippen LogP contribution in [-0.4, -0.2) is 11.8 Å². The molecule has 0 saturated heterocycles. The Morgan fingerprint density at radius 3 is 2.21 bits per heavy atom. The van der Waals surface area contributed by atoms with Crippen LogP contribution < -0.4 is 10.6 Å². The second-order valence-electron chi connectivity index (χ2n) is 8.68. The van der Waals surface area contributed by atoms with Crippen LogP contribution in [0.15, 0.2) is 42.1 Å². The lowest BCUT2D eigenvalue weighted by Crippen LogP contribution is -2.29. The maximum Gasteiger partial charge on any atom is 0.417 e. The summed E-state index contributed by atoms with van der Waals surface area (Å²) in [7, 11) is 0. The molecule has 1 aliphatic heterocycles. The van der Waals surface area contributed by atoms with Crippen molar-refractivity contribution in [3.8, 4) is 0 Å². The lowest BCUT2D eigenvalue weighted by Gasteiger charge is -2.26. The predicted octanol–water partition coefficient (Wildman–Crippen LogP) is 5.84. The van der Waals surface area contributed by atoms with Gasteiger partial charge in [-0.05, 0) is 52.0 Å². The van der Waals surface area contributed by atoms with E-state index in [2.05, 4.69) is 10.6 Å². The van der Waals surface area contributed by atoms with E-state index in [9.17, 15) is 27.2 Å². The van der Waals surface area contributed by atoms with Crippen LogP contribution in [0, 0.1) is 5.82 Å². The third-order valence-corrected chi connectivity index (χ3v) is 6.79. The van der Waals surface area contributed by atoms with E-state index in [0.717, 1.165) is 23.5 Å². The Kier molecular flexibility index (Phi) is 5.29. The van der Waals surface area contributed by atoms with E-state index in [1.807, 2.05) is 0 Å². The van der Waals surface area contributed by atoms with Crippen LogP contribution in [0.25, 0.3) is 0 Å². The van der Waals surface area contributed by atoms with E-state index in [1.165, 1.54) is 0 Å². The summed E-state index contributed by atoms with van der Waals surface area (Å²) in [5, 5.41) is 5.08. The van der Waals surface area contributed by atoms with E-state index in [1.54, 1.807) is 45.9 Å². The van der Waals surface area contributed by atoms with Crippen molar-refractivity contribution in [3.63, 3.8) is 0 Å². The van der Waals surface area contributed by atoms with E-state index >= 15 is 0 Å². The zero-order valence-corrected chi connectivity index (χ0v) is 18.9. The summed E-state index contributed by atoms with van der Waals surface area (Å²) in [6, 6.07) is 2.30. The van der Waals surface area contributed by atoms with Gasteiger partial charge in [0, 0.05) is 16.1 Å². The molecule has 0 radical (unpaired) electrons. The van der Waals surface area contributed by atoms with Crippen molar-refractivity contribution in [1.82, 2.24) is 5.32 Å². The fourth-order valence-electron chi connectivity index (χ4n) is 4.10. The first kappa shape index (κ1) is 23.2. The minimum atomic E-state index is -4.94. The second-order valence-corrected chi connectivity index (χ2v) is 9.70. The molecule has 4 rings (SSSR count). The molecule has 174 valence electrons. The molecule has 0 bridgehead atoms. The van der Waals surface area contributed by atoms with E-state index in [4.69, 9.17) is 4.74 Å². The molecular formula is C23H20F4N2O3S. The fraction of sp³-hybridized carbons (Fsp3) is 0.304. The number of hydrogen-bond donors (Lipinski definition) is 2. The fourth-order valence-corrected chi connectivity index (χ4v) is 5.48. The Bertz CT molecular complexity index is 1240. The Morgan fingerprint density at radius 2 is 1.64 bits per heavy atom. The maximum atomic E-state index is 14.4. The van der Waals surface area contributed by atoms with E-state index < -0.39 is 46.1 Å². The van der Waals surface area contributed by atoms with Crippen molar-refractivity contribution >= 4 is 28.2 Å². The number of halogens is 4. The monoisotopic (exact) mass is 480 g/mol. The molecule has 0 spiro atoms. The molecule has 0 fully saturated rings. The molecule has 2 N–H and O–H groups in total. The zero-order chi connectivity index (χ0) is 24.3. The van der Waals surface area contributed by atoms with Crippen LogP contribution in [0.1, 0.15) is 64.4 Å². The highest BCUT2D eigenvalue weighted by Crippen LogP contribution is 2.54. The van der Waals surface area contributed by atoms with Gasteiger partial charge in [-0.25, -0.2) is 4.39 Å². The largest absolute Gasteiger partial charge is 0.417 e. The zero-order valence-electron chi connectivity index (χ0n) is 18.1. The van der Waals surface area contributed by atoms with Gasteiger partial charge in [0.1, 0.15) is 10.8 Å². The number of nitrogens with one attached hydrogen (secondary N) is 2. The number of amides is 2. The molecule has 0 unspecified atom stereocenters. The number of carbonyl (C=O) groups excluding carboxylic acids is 2. The third kappa shape index (κ3) is 3.97. The van der Waals surface area contributed by atoms with Crippen LogP contribution in [-0.2, 0) is 22.1 Å². The minimum Gasteiger partial charge on any atom is -0.359 e. The maximum absolute atomic E-state index is 14.4. The van der Waals surface area contributed by atoms with Crippen LogP contribution in [0.5, 0.6) is 0 Å². The highest BCUT2D eigenvalue weighted by atomic mass is 32.1. The first-order valence-corrected chi connectivity index (χ1v) is 10.8. The SMILES string of the molecule is CC1(C)OC(C)(C)c2c1sc(NC(=O)c1c(F)cccc1C(F)(F)F)c2C(=O)NC1=CC=C1. The minimum absolute atomic E-state index is 0.0206. The molecule has 2 aromatic rings. The van der Waals surface area contributed by atoms with Gasteiger partial charge in [-0.15, -0.1) is 11.3 Å². The Hall–Kier alpha value is -2.98. The number of carbonyl (C=O) groups is 2. The van der Waals surface area contributed by atoms with Gasteiger partial charge in [0.2, 0.25) is 0 Å². The molecule has 5 nitrogen and oxygen atoms in total. The summed E-state index contributed by atoms with van der Waals surface area (Å²) in [5.74, 6) is -3.17. The van der Waals surface area contributed by atoms with Gasteiger partial charge in [0.05, 0.1) is 27.9 Å². The highest BCUT2D eigenvalue weighted by Gasteiger charge is 2.49. The number of ether oxygens (including phenoxy) is 1. The van der Waals surface area contributed by atoms with Crippen LogP contribution >= 0.6 is 11.3 Å². The molecule has 0 atom stereocenters. The lowest BCUT2D eigenvalue weighted by molar-refractivity contribution is -0.138. The van der Waals surface area contributed by atoms with Crippen LogP contribution in [0.3, 0.4) is 0 Å². The number of benzene rings is 1. The smallest absolute Gasteiger partial charge is 0.359 e. The molecule has 10 heteroatoms. The molecule has 2 aliphatic rings. The van der Waals surface area contributed by atoms with Gasteiger partial charge in [-0.2, -0.15) is 13.2 Å². The topological polar surface area (TPSA) is 67.4 Å². The summed E-state index contributed by atoms with van der Waals surface area (Å²) in [5.41, 5.74) is -3.12. The Morgan fingerprint density at radius 1 is 1.00 bits per heavy atom. The average molecular weight is 480 g/mol. The first-order chi connectivity index (χ1) is 15.2. The summed E-state index contributed by atoms with van der Waals surface area (Å²) in [4.78, 5) is 26.7. The van der Waals surface area contributed by atoms with Gasteiger partial charge >= 0.3 is 6.18 Å². The average Bonchev–Trinajstić information content (AvgIpc) is 3.11. The van der Waals surface area contributed by atoms with E-state index in [0.29, 0.717) is 22.2 Å². The second kappa shape index (κ2) is 7.53. The van der Waals surface area contributed by atoms with Gasteiger partial charge < -0.3 is 15.4 Å². The molecule has 0 saturated carbocycles. The number of anilines is 1. The number of allylic oxidation sites excluding steroid dienone is 3. The lowest BCUT2D eigenvalue weighted by atomic mass is 9.93. The predicted molar refractivity (Wildman–Crippen MR) is 116 cm³/mol. The molecule has 2 amide bonds. The molecule has 1 aromatic heterocycles. The summed E-state index contributed by atoms with van der Waals surface area (Å²) in [6.07, 6.45) is 0.128. The van der Waals surface area contributed by atoms with Crippen LogP contribution in [0.2, 0.25) is 0 Å².